The number of amides is 2. The summed E-state index contributed by atoms with van der Waals surface area (Å²) in [6, 6.07) is 2.54. The van der Waals surface area contributed by atoms with E-state index in [-0.39, 0.29) is 48.1 Å². The molecule has 0 bridgehead atoms. The molecule has 4 rings (SSSR count). The highest BCUT2D eigenvalue weighted by Crippen LogP contribution is 2.44. The Labute approximate surface area is 205 Å². The van der Waals surface area contributed by atoms with Gasteiger partial charge in [0.05, 0.1) is 18.3 Å². The summed E-state index contributed by atoms with van der Waals surface area (Å²) in [5, 5.41) is 6.57. The van der Waals surface area contributed by atoms with Crippen LogP contribution in [0.5, 0.6) is 0 Å². The van der Waals surface area contributed by atoms with Crippen molar-refractivity contribution in [1.29, 1.82) is 0 Å². The minimum atomic E-state index is -3.51. The highest BCUT2D eigenvalue weighted by molar-refractivity contribution is 7.88. The number of rotatable bonds is 7. The molecule has 9 nitrogen and oxygen atoms in total. The molecule has 3 N–H and O–H groups in total. The molecule has 0 radical (unpaired) electrons. The number of carbonyl (C=O) groups excluding carboxylic acids is 2. The highest BCUT2D eigenvalue weighted by Gasteiger charge is 2.54. The number of nitrogens with zero attached hydrogens (tertiary/aromatic N) is 2. The predicted octanol–water partition coefficient (Wildman–Crippen LogP) is 1.38. The number of H-pyrrole nitrogens is 1. The number of hydrogen-bond donors (Lipinski definition) is 3. The van der Waals surface area contributed by atoms with Crippen LogP contribution in [0, 0.1) is 11.7 Å². The fourth-order valence-corrected chi connectivity index (χ4v) is 6.64. The lowest BCUT2D eigenvalue weighted by Crippen LogP contribution is -2.56. The van der Waals surface area contributed by atoms with Gasteiger partial charge in [-0.25, -0.2) is 12.8 Å². The second-order valence-corrected chi connectivity index (χ2v) is 11.9. The first-order valence-corrected chi connectivity index (χ1v) is 13.8. The molecular formula is C24H34FN5O4S. The molecule has 5 atom stereocenters. The quantitative estimate of drug-likeness (QED) is 0.524. The Bertz CT molecular complexity index is 1230. The van der Waals surface area contributed by atoms with Crippen molar-refractivity contribution < 1.29 is 22.4 Å². The summed E-state index contributed by atoms with van der Waals surface area (Å²) in [6.07, 6.45) is 3.50. The summed E-state index contributed by atoms with van der Waals surface area (Å²) in [5.41, 5.74) is 1.48. The van der Waals surface area contributed by atoms with Crippen LogP contribution in [0.15, 0.2) is 24.4 Å². The monoisotopic (exact) mass is 507 g/mol. The zero-order valence-electron chi connectivity index (χ0n) is 20.7. The van der Waals surface area contributed by atoms with Crippen molar-refractivity contribution in [1.82, 2.24) is 24.8 Å². The number of aromatic amines is 1. The maximum Gasteiger partial charge on any atom is 0.245 e. The minimum Gasteiger partial charge on any atom is -0.361 e. The molecule has 192 valence electrons. The Morgan fingerprint density at radius 3 is 2.57 bits per heavy atom. The van der Waals surface area contributed by atoms with Crippen LogP contribution in [0.1, 0.15) is 38.7 Å². The smallest absolute Gasteiger partial charge is 0.245 e. The van der Waals surface area contributed by atoms with Crippen molar-refractivity contribution in [2.45, 2.75) is 57.3 Å². The Morgan fingerprint density at radius 2 is 1.94 bits per heavy atom. The van der Waals surface area contributed by atoms with Crippen molar-refractivity contribution >= 4 is 32.7 Å². The first-order chi connectivity index (χ1) is 16.4. The van der Waals surface area contributed by atoms with Crippen LogP contribution in [0.25, 0.3) is 10.9 Å². The summed E-state index contributed by atoms with van der Waals surface area (Å²) in [6.45, 7) is 6.11. The number of carbonyl (C=O) groups is 2. The molecule has 2 fully saturated rings. The first kappa shape index (κ1) is 25.6. The molecule has 2 aromatic rings. The third-order valence-corrected chi connectivity index (χ3v) is 8.69. The molecule has 2 aliphatic rings. The van der Waals surface area contributed by atoms with Gasteiger partial charge in [-0.05, 0) is 50.1 Å². The van der Waals surface area contributed by atoms with Crippen LogP contribution in [-0.4, -0.2) is 85.0 Å². The van der Waals surface area contributed by atoms with Crippen molar-refractivity contribution in [3.63, 3.8) is 0 Å². The average molecular weight is 508 g/mol. The van der Waals surface area contributed by atoms with E-state index < -0.39 is 22.1 Å². The van der Waals surface area contributed by atoms with E-state index >= 15 is 0 Å². The molecular weight excluding hydrogens is 473 g/mol. The zero-order chi connectivity index (χ0) is 25.7. The van der Waals surface area contributed by atoms with E-state index in [1.54, 1.807) is 31.1 Å². The van der Waals surface area contributed by atoms with E-state index in [2.05, 4.69) is 15.6 Å². The largest absolute Gasteiger partial charge is 0.361 e. The van der Waals surface area contributed by atoms with Gasteiger partial charge in [0.15, 0.2) is 0 Å². The summed E-state index contributed by atoms with van der Waals surface area (Å²) in [7, 11) is -1.83. The number of fused-ring (bicyclic) bond motifs is 2. The third kappa shape index (κ3) is 4.68. The molecule has 0 aliphatic carbocycles. The van der Waals surface area contributed by atoms with Gasteiger partial charge < -0.3 is 20.5 Å². The lowest BCUT2D eigenvalue weighted by molar-refractivity contribution is -0.139. The van der Waals surface area contributed by atoms with Gasteiger partial charge in [0, 0.05) is 42.1 Å². The fourth-order valence-electron chi connectivity index (χ4n) is 5.49. The third-order valence-electron chi connectivity index (χ3n) is 7.42. The van der Waals surface area contributed by atoms with E-state index in [1.807, 2.05) is 13.8 Å². The summed E-state index contributed by atoms with van der Waals surface area (Å²) < 4.78 is 40.6. The van der Waals surface area contributed by atoms with Gasteiger partial charge in [-0.3, -0.25) is 9.59 Å². The molecule has 1 aromatic carbocycles. The van der Waals surface area contributed by atoms with Crippen LogP contribution in [0.3, 0.4) is 0 Å². The molecule has 3 heterocycles. The minimum absolute atomic E-state index is 0.156. The normalized spacial score (nSPS) is 24.7. The average Bonchev–Trinajstić information content (AvgIpc) is 3.49. The number of likely N-dealkylation sites (tertiary alicyclic amines) is 1. The van der Waals surface area contributed by atoms with E-state index in [4.69, 9.17) is 0 Å². The number of hydrogen-bond acceptors (Lipinski definition) is 5. The number of aromatic nitrogens is 1. The highest BCUT2D eigenvalue weighted by atomic mass is 32.2. The predicted molar refractivity (Wildman–Crippen MR) is 132 cm³/mol. The van der Waals surface area contributed by atoms with Gasteiger partial charge in [-0.15, -0.1) is 0 Å². The Morgan fingerprint density at radius 1 is 1.23 bits per heavy atom. The van der Waals surface area contributed by atoms with Gasteiger partial charge in [0.2, 0.25) is 21.8 Å². The van der Waals surface area contributed by atoms with Crippen molar-refractivity contribution in [2.24, 2.45) is 5.92 Å². The van der Waals surface area contributed by atoms with E-state index in [1.165, 1.54) is 22.7 Å². The van der Waals surface area contributed by atoms with Gasteiger partial charge in [0.1, 0.15) is 11.9 Å². The Hall–Kier alpha value is -2.50. The topological polar surface area (TPSA) is 115 Å². The molecule has 2 saturated heterocycles. The molecule has 1 aromatic heterocycles. The van der Waals surface area contributed by atoms with Crippen LogP contribution < -0.4 is 10.6 Å². The molecule has 2 aliphatic heterocycles. The number of benzene rings is 1. The van der Waals surface area contributed by atoms with Gasteiger partial charge in [-0.1, -0.05) is 13.8 Å². The summed E-state index contributed by atoms with van der Waals surface area (Å²) in [5.74, 6) is -1.29. The number of nitrogens with one attached hydrogen (secondary N) is 3. The molecule has 0 spiro atoms. The van der Waals surface area contributed by atoms with E-state index in [0.29, 0.717) is 18.5 Å². The first-order valence-electron chi connectivity index (χ1n) is 12.0. The number of sulfonamides is 1. The second kappa shape index (κ2) is 9.51. The van der Waals surface area contributed by atoms with Crippen molar-refractivity contribution in [3.8, 4) is 0 Å². The Balaban J connectivity index is 1.71. The SMILES string of the molecule is CNC(C)C(=O)NC(C(=O)N1CCC2C1C(c1c[nH]c3cc(F)ccc13)CN2S(C)(=O)=O)C(C)C. The lowest BCUT2D eigenvalue weighted by atomic mass is 9.90. The van der Waals surface area contributed by atoms with Gasteiger partial charge in [0.25, 0.3) is 0 Å². The van der Waals surface area contributed by atoms with Crippen LogP contribution >= 0.6 is 0 Å². The molecule has 35 heavy (non-hydrogen) atoms. The molecule has 2 amide bonds. The zero-order valence-corrected chi connectivity index (χ0v) is 21.5. The molecule has 5 unspecified atom stereocenters. The van der Waals surface area contributed by atoms with Crippen molar-refractivity contribution in [3.05, 3.63) is 35.8 Å². The lowest BCUT2D eigenvalue weighted by Gasteiger charge is -2.33. The van der Waals surface area contributed by atoms with Gasteiger partial charge in [-0.2, -0.15) is 4.31 Å². The number of halogens is 1. The van der Waals surface area contributed by atoms with Crippen molar-refractivity contribution in [2.75, 3.05) is 26.4 Å². The van der Waals surface area contributed by atoms with Crippen LogP contribution in [0.4, 0.5) is 4.39 Å². The summed E-state index contributed by atoms with van der Waals surface area (Å²) in [4.78, 5) is 31.2. The number of likely N-dealkylation sites (N-methyl/N-ethyl adjacent to an activating group) is 1. The fraction of sp³-hybridized carbons (Fsp3) is 0.583. The standard InChI is InChI=1S/C24H34FN5O4S/c1-13(2)21(28-23(31)14(3)26-4)24(32)29-9-8-20-22(29)18(12-30(20)35(5,33)34)17-11-27-19-10-15(25)6-7-16(17)19/h6-7,10-11,13-14,18,20-22,26-27H,8-9,12H2,1-5H3,(H,28,31). The van der Waals surface area contributed by atoms with Gasteiger partial charge >= 0.3 is 0 Å². The van der Waals surface area contributed by atoms with E-state index in [9.17, 15) is 22.4 Å². The molecule has 0 saturated carbocycles. The maximum atomic E-state index is 13.8. The Kier molecular flexibility index (Phi) is 6.96. The maximum absolute atomic E-state index is 13.8. The molecule has 11 heteroatoms. The van der Waals surface area contributed by atoms with Crippen LogP contribution in [0.2, 0.25) is 0 Å². The summed E-state index contributed by atoms with van der Waals surface area (Å²) >= 11 is 0. The van der Waals surface area contributed by atoms with E-state index in [0.717, 1.165) is 10.9 Å². The second-order valence-electron chi connectivity index (χ2n) is 9.99. The van der Waals surface area contributed by atoms with Crippen LogP contribution in [-0.2, 0) is 19.6 Å².